The van der Waals surface area contributed by atoms with Gasteiger partial charge < -0.3 is 14.6 Å². The predicted octanol–water partition coefficient (Wildman–Crippen LogP) is 2.37. The van der Waals surface area contributed by atoms with Crippen molar-refractivity contribution in [2.75, 3.05) is 26.2 Å². The minimum Gasteiger partial charge on any atom is -0.459 e. The molecule has 4 rings (SSSR count). The molecule has 0 radical (unpaired) electrons. The van der Waals surface area contributed by atoms with Crippen LogP contribution in [0, 0.1) is 17.8 Å². The summed E-state index contributed by atoms with van der Waals surface area (Å²) in [6, 6.07) is 3.53. The fourth-order valence-corrected chi connectivity index (χ4v) is 5.39. The zero-order chi connectivity index (χ0) is 19.0. The van der Waals surface area contributed by atoms with E-state index in [2.05, 4.69) is 17.1 Å². The van der Waals surface area contributed by atoms with E-state index >= 15 is 0 Å². The van der Waals surface area contributed by atoms with Gasteiger partial charge in [0.05, 0.1) is 12.3 Å². The minimum absolute atomic E-state index is 0.0679. The van der Waals surface area contributed by atoms with Crippen LogP contribution in [0.2, 0.25) is 0 Å². The van der Waals surface area contributed by atoms with Gasteiger partial charge in [0.1, 0.15) is 0 Å². The van der Waals surface area contributed by atoms with Crippen LogP contribution >= 0.6 is 0 Å². The molecule has 6 nitrogen and oxygen atoms in total. The number of nitrogens with one attached hydrogen (secondary N) is 1. The topological polar surface area (TPSA) is 65.8 Å². The van der Waals surface area contributed by atoms with Gasteiger partial charge in [-0.3, -0.25) is 14.5 Å². The summed E-state index contributed by atoms with van der Waals surface area (Å²) in [5.41, 5.74) is 0. The quantitative estimate of drug-likeness (QED) is 0.861. The molecule has 148 valence electrons. The van der Waals surface area contributed by atoms with E-state index in [0.29, 0.717) is 37.9 Å². The van der Waals surface area contributed by atoms with Crippen LogP contribution in [0.1, 0.15) is 50.1 Å². The van der Waals surface area contributed by atoms with E-state index in [1.165, 1.54) is 31.9 Å². The van der Waals surface area contributed by atoms with Gasteiger partial charge in [0, 0.05) is 32.2 Å². The van der Waals surface area contributed by atoms with Crippen LogP contribution in [-0.2, 0) is 4.79 Å². The first kappa shape index (κ1) is 18.5. The second-order valence-electron chi connectivity index (χ2n) is 8.62. The standard InChI is InChI=1S/C21H31N3O3/c1-14(18-13-16-5-6-17(18)12-16)22-20(25)15(2)23-7-9-24(10-8-23)21(26)19-4-3-11-27-19/h3-4,11,14-18H,5-10,12-13H2,1-2H3,(H,22,25)/t14-,15+,16-,17-,18-/m0/s1. The molecule has 27 heavy (non-hydrogen) atoms. The molecule has 3 fully saturated rings. The number of hydrogen-bond acceptors (Lipinski definition) is 4. The van der Waals surface area contributed by atoms with Crippen LogP contribution in [0.3, 0.4) is 0 Å². The number of piperazine rings is 1. The smallest absolute Gasteiger partial charge is 0.289 e. The van der Waals surface area contributed by atoms with Crippen LogP contribution in [0.4, 0.5) is 0 Å². The van der Waals surface area contributed by atoms with E-state index in [-0.39, 0.29) is 23.9 Å². The molecule has 1 N–H and O–H groups in total. The molecule has 1 aliphatic heterocycles. The van der Waals surface area contributed by atoms with E-state index in [4.69, 9.17) is 4.42 Å². The molecule has 2 amide bonds. The van der Waals surface area contributed by atoms with Gasteiger partial charge in [0.2, 0.25) is 5.91 Å². The van der Waals surface area contributed by atoms with Crippen molar-refractivity contribution >= 4 is 11.8 Å². The van der Waals surface area contributed by atoms with Gasteiger partial charge in [-0.05, 0) is 63.0 Å². The normalized spacial score (nSPS) is 30.3. The van der Waals surface area contributed by atoms with Crippen molar-refractivity contribution in [3.8, 4) is 0 Å². The Labute approximate surface area is 161 Å². The lowest BCUT2D eigenvalue weighted by Crippen LogP contribution is -2.56. The summed E-state index contributed by atoms with van der Waals surface area (Å²) in [5.74, 6) is 2.81. The van der Waals surface area contributed by atoms with E-state index in [9.17, 15) is 9.59 Å². The second-order valence-corrected chi connectivity index (χ2v) is 8.62. The molecule has 0 aromatic carbocycles. The van der Waals surface area contributed by atoms with Crippen molar-refractivity contribution in [1.29, 1.82) is 0 Å². The Morgan fingerprint density at radius 2 is 1.93 bits per heavy atom. The third-order valence-corrected chi connectivity index (χ3v) is 7.07. The highest BCUT2D eigenvalue weighted by molar-refractivity contribution is 5.91. The van der Waals surface area contributed by atoms with Crippen molar-refractivity contribution in [2.45, 2.75) is 51.6 Å². The van der Waals surface area contributed by atoms with E-state index in [1.807, 2.05) is 6.92 Å². The lowest BCUT2D eigenvalue weighted by Gasteiger charge is -2.38. The van der Waals surface area contributed by atoms with Gasteiger partial charge in [-0.1, -0.05) is 6.42 Å². The molecule has 1 aromatic heterocycles. The molecule has 3 aliphatic rings. The third-order valence-electron chi connectivity index (χ3n) is 7.07. The molecular formula is C21H31N3O3. The number of rotatable bonds is 5. The molecule has 1 saturated heterocycles. The number of carbonyl (C=O) groups is 2. The van der Waals surface area contributed by atoms with Crippen molar-refractivity contribution < 1.29 is 14.0 Å². The maximum Gasteiger partial charge on any atom is 0.289 e. The van der Waals surface area contributed by atoms with E-state index in [1.54, 1.807) is 17.0 Å². The van der Waals surface area contributed by atoms with Gasteiger partial charge in [0.15, 0.2) is 5.76 Å². The molecule has 2 heterocycles. The first-order valence-corrected chi connectivity index (χ1v) is 10.4. The summed E-state index contributed by atoms with van der Waals surface area (Å²) >= 11 is 0. The second kappa shape index (κ2) is 7.66. The fourth-order valence-electron chi connectivity index (χ4n) is 5.39. The van der Waals surface area contributed by atoms with E-state index < -0.39 is 0 Å². The van der Waals surface area contributed by atoms with Crippen LogP contribution in [-0.4, -0.2) is 59.9 Å². The van der Waals surface area contributed by atoms with Crippen LogP contribution in [0.5, 0.6) is 0 Å². The van der Waals surface area contributed by atoms with Crippen molar-refractivity contribution in [1.82, 2.24) is 15.1 Å². The predicted molar refractivity (Wildman–Crippen MR) is 102 cm³/mol. The lowest BCUT2D eigenvalue weighted by atomic mass is 9.84. The van der Waals surface area contributed by atoms with Crippen LogP contribution in [0.25, 0.3) is 0 Å². The number of fused-ring (bicyclic) bond motifs is 2. The monoisotopic (exact) mass is 373 g/mol. The number of nitrogens with zero attached hydrogens (tertiary/aromatic N) is 2. The minimum atomic E-state index is -0.160. The highest BCUT2D eigenvalue weighted by atomic mass is 16.3. The average Bonchev–Trinajstić information content (AvgIpc) is 3.44. The van der Waals surface area contributed by atoms with E-state index in [0.717, 1.165) is 11.8 Å². The maximum atomic E-state index is 12.8. The zero-order valence-corrected chi connectivity index (χ0v) is 16.4. The number of hydrogen-bond donors (Lipinski definition) is 1. The maximum absolute atomic E-state index is 12.8. The molecule has 0 spiro atoms. The van der Waals surface area contributed by atoms with Gasteiger partial charge in [0.25, 0.3) is 5.91 Å². The summed E-state index contributed by atoms with van der Waals surface area (Å²) in [4.78, 5) is 29.1. The van der Waals surface area contributed by atoms with Gasteiger partial charge in [-0.25, -0.2) is 0 Å². The largest absolute Gasteiger partial charge is 0.459 e. The Morgan fingerprint density at radius 3 is 2.52 bits per heavy atom. The fraction of sp³-hybridized carbons (Fsp3) is 0.714. The molecule has 5 atom stereocenters. The SMILES string of the molecule is C[C@H](NC(=O)[C@@H](C)N1CCN(C(=O)c2ccco2)CC1)[C@@H]1C[C@H]2CC[C@H]1C2. The summed E-state index contributed by atoms with van der Waals surface area (Å²) in [7, 11) is 0. The zero-order valence-electron chi connectivity index (χ0n) is 16.4. The summed E-state index contributed by atoms with van der Waals surface area (Å²) in [5, 5.41) is 3.28. The number of amides is 2. The Bertz CT molecular complexity index is 666. The highest BCUT2D eigenvalue weighted by Gasteiger charge is 2.42. The highest BCUT2D eigenvalue weighted by Crippen LogP contribution is 2.49. The van der Waals surface area contributed by atoms with Crippen molar-refractivity contribution in [3.05, 3.63) is 24.2 Å². The first-order valence-electron chi connectivity index (χ1n) is 10.4. The molecule has 0 unspecified atom stereocenters. The number of carbonyl (C=O) groups excluding carboxylic acids is 2. The summed E-state index contributed by atoms with van der Waals surface area (Å²) in [6.45, 7) is 6.83. The molecular weight excluding hydrogens is 342 g/mol. The van der Waals surface area contributed by atoms with Crippen LogP contribution < -0.4 is 5.32 Å². The van der Waals surface area contributed by atoms with Gasteiger partial charge >= 0.3 is 0 Å². The Balaban J connectivity index is 1.25. The van der Waals surface area contributed by atoms with Gasteiger partial charge in [-0.15, -0.1) is 0 Å². The number of furan rings is 1. The third kappa shape index (κ3) is 3.77. The molecule has 6 heteroatoms. The van der Waals surface area contributed by atoms with Crippen LogP contribution in [0.15, 0.2) is 22.8 Å². The first-order chi connectivity index (χ1) is 13.0. The Kier molecular flexibility index (Phi) is 5.26. The average molecular weight is 373 g/mol. The van der Waals surface area contributed by atoms with Crippen molar-refractivity contribution in [3.63, 3.8) is 0 Å². The Hall–Kier alpha value is -1.82. The summed E-state index contributed by atoms with van der Waals surface area (Å²) in [6.07, 6.45) is 6.91. The molecule has 2 aliphatic carbocycles. The Morgan fingerprint density at radius 1 is 1.15 bits per heavy atom. The molecule has 2 bridgehead atoms. The van der Waals surface area contributed by atoms with Crippen molar-refractivity contribution in [2.24, 2.45) is 17.8 Å². The summed E-state index contributed by atoms with van der Waals surface area (Å²) < 4.78 is 5.21. The lowest BCUT2D eigenvalue weighted by molar-refractivity contribution is -0.127. The molecule has 2 saturated carbocycles. The molecule has 1 aromatic rings. The van der Waals surface area contributed by atoms with Gasteiger partial charge in [-0.2, -0.15) is 0 Å².